The van der Waals surface area contributed by atoms with Gasteiger partial charge in [0.2, 0.25) is 5.95 Å². The van der Waals surface area contributed by atoms with Crippen LogP contribution in [0.2, 0.25) is 0 Å². The van der Waals surface area contributed by atoms with Gasteiger partial charge in [-0.1, -0.05) is 221 Å². The van der Waals surface area contributed by atoms with Crippen molar-refractivity contribution in [1.29, 1.82) is 0 Å². The number of benzene rings is 12. The smallest absolute Gasteiger partial charge is 0.238 e. The van der Waals surface area contributed by atoms with Crippen LogP contribution in [0.3, 0.4) is 0 Å². The van der Waals surface area contributed by atoms with Crippen LogP contribution in [0, 0.1) is 0 Å². The summed E-state index contributed by atoms with van der Waals surface area (Å²) in [6.07, 6.45) is 0. The Labute approximate surface area is 489 Å². The minimum atomic E-state index is -0.0148. The van der Waals surface area contributed by atoms with E-state index in [9.17, 15) is 0 Å². The Morgan fingerprint density at radius 3 is 1.11 bits per heavy atom. The molecule has 0 saturated carbocycles. The lowest BCUT2D eigenvalue weighted by molar-refractivity contribution is 0.591. The van der Waals surface area contributed by atoms with Crippen molar-refractivity contribution < 1.29 is 0 Å². The van der Waals surface area contributed by atoms with Gasteiger partial charge in [0.25, 0.3) is 0 Å². The summed E-state index contributed by atoms with van der Waals surface area (Å²) in [5, 5.41) is 4.58. The molecule has 12 aromatic carbocycles. The molecule has 15 rings (SSSR count). The monoisotopic (exact) mass is 1080 g/mol. The van der Waals surface area contributed by atoms with Gasteiger partial charge in [-0.2, -0.15) is 9.97 Å². The van der Waals surface area contributed by atoms with Crippen molar-refractivity contribution >= 4 is 43.6 Å². The number of rotatable bonds is 10. The van der Waals surface area contributed by atoms with Gasteiger partial charge in [0, 0.05) is 32.7 Å². The number of nitrogens with zero attached hydrogens (tertiary/aromatic N) is 5. The van der Waals surface area contributed by atoms with Gasteiger partial charge >= 0.3 is 0 Å². The topological polar surface area (TPSA) is 48.5 Å². The molecule has 3 heterocycles. The third-order valence-electron chi connectivity index (χ3n) is 16.5. The molecule has 0 spiro atoms. The summed E-state index contributed by atoms with van der Waals surface area (Å²) in [6.45, 7) is 6.83. The third-order valence-corrected chi connectivity index (χ3v) is 16.5. The van der Waals surface area contributed by atoms with Gasteiger partial charge in [0.15, 0.2) is 11.6 Å². The Balaban J connectivity index is 0.979. The van der Waals surface area contributed by atoms with Crippen molar-refractivity contribution in [1.82, 2.24) is 24.1 Å². The Kier molecular flexibility index (Phi) is 12.4. The molecule has 0 aliphatic heterocycles. The molecule has 398 valence electrons. The molecule has 0 atom stereocenters. The molecular formula is C79H57N5. The van der Waals surface area contributed by atoms with Crippen molar-refractivity contribution in [2.75, 3.05) is 0 Å². The fourth-order valence-corrected chi connectivity index (χ4v) is 12.2. The Hall–Kier alpha value is -10.8. The van der Waals surface area contributed by atoms with Gasteiger partial charge in [-0.15, -0.1) is 0 Å². The highest BCUT2D eigenvalue weighted by atomic mass is 15.2. The molecule has 0 saturated heterocycles. The first-order valence-electron chi connectivity index (χ1n) is 28.8. The minimum absolute atomic E-state index is 0.0148. The van der Waals surface area contributed by atoms with Crippen LogP contribution in [0.1, 0.15) is 26.3 Å². The molecule has 0 N–H and O–H groups in total. The highest BCUT2D eigenvalue weighted by molar-refractivity contribution is 6.12. The summed E-state index contributed by atoms with van der Waals surface area (Å²) >= 11 is 0. The summed E-state index contributed by atoms with van der Waals surface area (Å²) in [7, 11) is 0. The fraction of sp³-hybridized carbons (Fsp3) is 0.0506. The summed E-state index contributed by atoms with van der Waals surface area (Å²) in [6, 6.07) is 105. The van der Waals surface area contributed by atoms with E-state index in [4.69, 9.17) is 15.0 Å². The van der Waals surface area contributed by atoms with Crippen LogP contribution in [0.4, 0.5) is 0 Å². The zero-order valence-electron chi connectivity index (χ0n) is 46.9. The largest absolute Gasteiger partial charge is 0.309 e. The predicted molar refractivity (Wildman–Crippen MR) is 351 cm³/mol. The SMILES string of the molecule is CC(C)(C)c1ccc2c(c1)c1ccccc1n2-c1ccccc1-c1nc(-c2ccccc2)nc(-n2c3ccc(-c4cc(-c5ccccc5)cc(-c5ccccc5)c4)cc3c3cc(-c4cc(-c5ccccc5)cc(-c5ccccc5)c4)ccc32)n1. The van der Waals surface area contributed by atoms with E-state index in [0.29, 0.717) is 17.6 Å². The van der Waals surface area contributed by atoms with Crippen LogP contribution in [0.25, 0.3) is 145 Å². The maximum absolute atomic E-state index is 5.62. The van der Waals surface area contributed by atoms with Crippen molar-refractivity contribution in [3.8, 4) is 101 Å². The van der Waals surface area contributed by atoms with E-state index >= 15 is 0 Å². The number of hydrogen-bond donors (Lipinski definition) is 0. The zero-order valence-corrected chi connectivity index (χ0v) is 46.9. The highest BCUT2D eigenvalue weighted by Crippen LogP contribution is 2.43. The molecule has 0 aliphatic carbocycles. The van der Waals surface area contributed by atoms with Crippen LogP contribution in [-0.4, -0.2) is 24.1 Å². The second-order valence-electron chi connectivity index (χ2n) is 22.9. The lowest BCUT2D eigenvalue weighted by atomic mass is 9.86. The first-order chi connectivity index (χ1) is 41.3. The average Bonchev–Trinajstić information content (AvgIpc) is 2.43. The maximum atomic E-state index is 5.62. The first kappa shape index (κ1) is 50.2. The number of hydrogen-bond acceptors (Lipinski definition) is 3. The molecule has 0 aliphatic rings. The molecule has 0 amide bonds. The lowest BCUT2D eigenvalue weighted by Crippen LogP contribution is -2.10. The van der Waals surface area contributed by atoms with E-state index < -0.39 is 0 Å². The minimum Gasteiger partial charge on any atom is -0.309 e. The van der Waals surface area contributed by atoms with E-state index in [-0.39, 0.29) is 5.41 Å². The maximum Gasteiger partial charge on any atom is 0.238 e. The summed E-state index contributed by atoms with van der Waals surface area (Å²) in [5.74, 6) is 1.69. The molecule has 0 unspecified atom stereocenters. The van der Waals surface area contributed by atoms with Crippen LogP contribution < -0.4 is 0 Å². The number of para-hydroxylation sites is 2. The van der Waals surface area contributed by atoms with Crippen LogP contribution in [0.5, 0.6) is 0 Å². The first-order valence-corrected chi connectivity index (χ1v) is 28.8. The molecule has 0 radical (unpaired) electrons. The Morgan fingerprint density at radius 1 is 0.250 bits per heavy atom. The van der Waals surface area contributed by atoms with Gasteiger partial charge in [0.1, 0.15) is 0 Å². The molecule has 3 aromatic heterocycles. The van der Waals surface area contributed by atoms with Gasteiger partial charge in [-0.05, 0) is 169 Å². The van der Waals surface area contributed by atoms with Crippen molar-refractivity contribution in [3.05, 3.63) is 297 Å². The molecule has 0 bridgehead atoms. The van der Waals surface area contributed by atoms with E-state index in [1.807, 2.05) is 18.2 Å². The van der Waals surface area contributed by atoms with E-state index in [1.165, 1.54) is 38.6 Å². The van der Waals surface area contributed by atoms with E-state index in [1.54, 1.807) is 0 Å². The summed E-state index contributed by atoms with van der Waals surface area (Å²) in [4.78, 5) is 16.5. The van der Waals surface area contributed by atoms with Gasteiger partial charge in [0.05, 0.1) is 27.8 Å². The molecule has 0 fully saturated rings. The molecule has 84 heavy (non-hydrogen) atoms. The Bertz CT molecular complexity index is 4660. The normalized spacial score (nSPS) is 11.8. The predicted octanol–water partition coefficient (Wildman–Crippen LogP) is 20.7. The zero-order chi connectivity index (χ0) is 56.3. The van der Waals surface area contributed by atoms with Crippen molar-refractivity contribution in [3.63, 3.8) is 0 Å². The standard InChI is InChI=1S/C79H57N5/c1-79(2,3)65-39-42-73-70(51-65)66-33-19-21-35-71(66)83(73)72-36-22-20-34-67(72)77-80-76(56-31-17-8-18-32-56)81-78(82-77)84-74-40-37-57(63-45-59(52-23-9-4-10-24-52)43-60(46-63)53-25-11-5-12-26-53)49-68(74)69-50-58(38-41-75(69)84)64-47-61(54-27-13-6-14-28-54)44-62(48-64)55-29-15-7-16-30-55/h4-51H,1-3H3. The molecule has 15 aromatic rings. The third kappa shape index (κ3) is 9.13. The van der Waals surface area contributed by atoms with Crippen LogP contribution >= 0.6 is 0 Å². The molecule has 5 heteroatoms. The average molecular weight is 1080 g/mol. The molecular weight excluding hydrogens is 1020 g/mol. The van der Waals surface area contributed by atoms with Gasteiger partial charge in [-0.3, -0.25) is 4.57 Å². The van der Waals surface area contributed by atoms with Gasteiger partial charge < -0.3 is 4.57 Å². The highest BCUT2D eigenvalue weighted by Gasteiger charge is 2.24. The van der Waals surface area contributed by atoms with E-state index in [0.717, 1.165) is 94.2 Å². The summed E-state index contributed by atoms with van der Waals surface area (Å²) < 4.78 is 4.63. The molecule has 5 nitrogen and oxygen atoms in total. The second-order valence-corrected chi connectivity index (χ2v) is 22.9. The Morgan fingerprint density at radius 2 is 0.619 bits per heavy atom. The van der Waals surface area contributed by atoms with Gasteiger partial charge in [-0.25, -0.2) is 4.98 Å². The van der Waals surface area contributed by atoms with Crippen LogP contribution in [-0.2, 0) is 5.41 Å². The van der Waals surface area contributed by atoms with Crippen molar-refractivity contribution in [2.45, 2.75) is 26.2 Å². The lowest BCUT2D eigenvalue weighted by Gasteiger charge is -2.19. The summed E-state index contributed by atoms with van der Waals surface area (Å²) in [5.41, 5.74) is 22.0. The van der Waals surface area contributed by atoms with E-state index in [2.05, 4.69) is 303 Å². The van der Waals surface area contributed by atoms with Crippen LogP contribution in [0.15, 0.2) is 291 Å². The fourth-order valence-electron chi connectivity index (χ4n) is 12.2. The number of aromatic nitrogens is 5. The second kappa shape index (κ2) is 20.7. The number of fused-ring (bicyclic) bond motifs is 6. The quantitative estimate of drug-likeness (QED) is 0.137. The van der Waals surface area contributed by atoms with Crippen molar-refractivity contribution in [2.24, 2.45) is 0 Å².